The first-order valence-corrected chi connectivity index (χ1v) is 12.0. The molecule has 1 atom stereocenters. The number of halogens is 2. The average molecular weight is 456 g/mol. The monoisotopic (exact) mass is 455 g/mol. The second kappa shape index (κ2) is 9.15. The predicted molar refractivity (Wildman–Crippen MR) is 121 cm³/mol. The first-order valence-electron chi connectivity index (χ1n) is 12.0. The van der Waals surface area contributed by atoms with Crippen LogP contribution < -0.4 is 0 Å². The number of hydrogen-bond donors (Lipinski definition) is 0. The maximum atomic E-state index is 14.0. The molecule has 3 aliphatic rings. The van der Waals surface area contributed by atoms with Gasteiger partial charge in [-0.3, -0.25) is 4.79 Å². The summed E-state index contributed by atoms with van der Waals surface area (Å²) in [4.78, 5) is 15.8. The van der Waals surface area contributed by atoms with Gasteiger partial charge < -0.3 is 14.4 Å². The number of rotatable bonds is 4. The quantitative estimate of drug-likeness (QED) is 0.674. The van der Waals surface area contributed by atoms with E-state index in [9.17, 15) is 13.6 Å². The number of nitrogens with zero attached hydrogens (tertiary/aromatic N) is 1. The lowest BCUT2D eigenvalue weighted by Gasteiger charge is -2.44. The number of ether oxygens (including phenoxy) is 2. The predicted octanol–water partition coefficient (Wildman–Crippen LogP) is 4.65. The highest BCUT2D eigenvalue weighted by atomic mass is 19.1. The minimum atomic E-state index is -0.711. The van der Waals surface area contributed by atoms with Gasteiger partial charge in [-0.1, -0.05) is 24.3 Å². The van der Waals surface area contributed by atoms with Crippen molar-refractivity contribution < 1.29 is 23.0 Å². The zero-order chi connectivity index (χ0) is 22.9. The lowest BCUT2D eigenvalue weighted by Crippen LogP contribution is -2.53. The number of amides is 1. The molecule has 0 N–H and O–H groups in total. The lowest BCUT2D eigenvalue weighted by atomic mass is 9.71. The molecular weight excluding hydrogens is 424 g/mol. The number of piperidine rings is 1. The van der Waals surface area contributed by atoms with E-state index in [0.717, 1.165) is 30.4 Å². The van der Waals surface area contributed by atoms with Crippen molar-refractivity contribution in [2.45, 2.75) is 50.0 Å². The highest BCUT2D eigenvalue weighted by molar-refractivity contribution is 5.88. The highest BCUT2D eigenvalue weighted by Crippen LogP contribution is 2.44. The van der Waals surface area contributed by atoms with Crippen LogP contribution in [0.5, 0.6) is 0 Å². The molecule has 2 aromatic carbocycles. The van der Waals surface area contributed by atoms with Gasteiger partial charge >= 0.3 is 0 Å². The fraction of sp³-hybridized carbons (Fsp3) is 0.519. The van der Waals surface area contributed by atoms with Crippen LogP contribution in [0, 0.1) is 17.0 Å². The fourth-order valence-electron chi connectivity index (χ4n) is 5.92. The van der Waals surface area contributed by atoms with E-state index in [2.05, 4.69) is 0 Å². The van der Waals surface area contributed by atoms with Gasteiger partial charge in [-0.25, -0.2) is 8.78 Å². The van der Waals surface area contributed by atoms with Crippen LogP contribution in [0.2, 0.25) is 0 Å². The second-order valence-electron chi connectivity index (χ2n) is 9.97. The zero-order valence-corrected chi connectivity index (χ0v) is 18.9. The Morgan fingerprint density at radius 3 is 2.36 bits per heavy atom. The van der Waals surface area contributed by atoms with Crippen LogP contribution in [-0.4, -0.2) is 49.8 Å². The molecule has 3 saturated heterocycles. The minimum Gasteiger partial charge on any atom is -0.381 e. The van der Waals surface area contributed by atoms with Gasteiger partial charge in [0.25, 0.3) is 0 Å². The van der Waals surface area contributed by atoms with Gasteiger partial charge in [0, 0.05) is 26.3 Å². The van der Waals surface area contributed by atoms with Crippen LogP contribution in [-0.2, 0) is 26.1 Å². The molecule has 1 spiro atoms. The van der Waals surface area contributed by atoms with Gasteiger partial charge in [-0.05, 0) is 79.3 Å². The summed E-state index contributed by atoms with van der Waals surface area (Å²) in [6.07, 6.45) is 4.69. The minimum absolute atomic E-state index is 0.0798. The molecule has 1 amide bonds. The van der Waals surface area contributed by atoms with E-state index in [0.29, 0.717) is 52.2 Å². The lowest BCUT2D eigenvalue weighted by molar-refractivity contribution is -0.143. The maximum absolute atomic E-state index is 14.0. The third-order valence-electron chi connectivity index (χ3n) is 7.88. The van der Waals surface area contributed by atoms with E-state index in [1.54, 1.807) is 18.2 Å². The molecule has 3 heterocycles. The summed E-state index contributed by atoms with van der Waals surface area (Å²) >= 11 is 0. The van der Waals surface area contributed by atoms with Crippen molar-refractivity contribution >= 4 is 5.91 Å². The summed E-state index contributed by atoms with van der Waals surface area (Å²) in [7, 11) is 0. The van der Waals surface area contributed by atoms with Crippen molar-refractivity contribution in [2.75, 3.05) is 32.9 Å². The topological polar surface area (TPSA) is 38.8 Å². The Labute approximate surface area is 193 Å². The standard InChI is InChI=1S/C27H31F2NO3/c28-22-5-1-3-20(15-22)16-24-18-26(19-33-24)7-11-30(12-8-26)25(31)27(9-13-32-14-10-27)21-4-2-6-23(29)17-21/h1-6,15,17,24H,7-14,16,18-19H2. The molecule has 3 fully saturated rings. The summed E-state index contributed by atoms with van der Waals surface area (Å²) in [5, 5.41) is 0. The Morgan fingerprint density at radius 1 is 0.970 bits per heavy atom. The average Bonchev–Trinajstić information content (AvgIpc) is 3.21. The van der Waals surface area contributed by atoms with Gasteiger partial charge in [0.05, 0.1) is 18.1 Å². The molecule has 0 aromatic heterocycles. The van der Waals surface area contributed by atoms with E-state index in [4.69, 9.17) is 9.47 Å². The van der Waals surface area contributed by atoms with Gasteiger partial charge in [-0.2, -0.15) is 0 Å². The molecule has 6 heteroatoms. The molecule has 4 nitrogen and oxygen atoms in total. The van der Waals surface area contributed by atoms with E-state index in [1.165, 1.54) is 18.2 Å². The van der Waals surface area contributed by atoms with Crippen LogP contribution >= 0.6 is 0 Å². The molecule has 5 rings (SSSR count). The Balaban J connectivity index is 1.25. The van der Waals surface area contributed by atoms with E-state index < -0.39 is 5.41 Å². The molecule has 0 bridgehead atoms. The third kappa shape index (κ3) is 4.56. The maximum Gasteiger partial charge on any atom is 0.233 e. The van der Waals surface area contributed by atoms with Crippen molar-refractivity contribution in [2.24, 2.45) is 5.41 Å². The normalized spacial score (nSPS) is 24.2. The van der Waals surface area contributed by atoms with E-state index in [1.807, 2.05) is 17.0 Å². The van der Waals surface area contributed by atoms with Gasteiger partial charge in [0.2, 0.25) is 5.91 Å². The van der Waals surface area contributed by atoms with Gasteiger partial charge in [-0.15, -0.1) is 0 Å². The summed E-state index contributed by atoms with van der Waals surface area (Å²) in [5.41, 5.74) is 1.09. The van der Waals surface area contributed by atoms with Crippen molar-refractivity contribution in [1.29, 1.82) is 0 Å². The van der Waals surface area contributed by atoms with Crippen LogP contribution in [0.15, 0.2) is 48.5 Å². The Morgan fingerprint density at radius 2 is 1.67 bits per heavy atom. The molecule has 3 aliphatic heterocycles. The van der Waals surface area contributed by atoms with Gasteiger partial charge in [0.15, 0.2) is 0 Å². The van der Waals surface area contributed by atoms with Crippen LogP contribution in [0.1, 0.15) is 43.2 Å². The van der Waals surface area contributed by atoms with Crippen molar-refractivity contribution in [3.63, 3.8) is 0 Å². The summed E-state index contributed by atoms with van der Waals surface area (Å²) in [6.45, 7) is 3.09. The highest BCUT2D eigenvalue weighted by Gasteiger charge is 2.48. The zero-order valence-electron chi connectivity index (χ0n) is 18.9. The SMILES string of the molecule is O=C(N1CCC2(CC1)COC(Cc1cccc(F)c1)C2)C1(c2cccc(F)c2)CCOCC1. The first-order chi connectivity index (χ1) is 16.0. The summed E-state index contributed by atoms with van der Waals surface area (Å²) < 4.78 is 39.2. The largest absolute Gasteiger partial charge is 0.381 e. The molecule has 0 saturated carbocycles. The van der Waals surface area contributed by atoms with Crippen molar-refractivity contribution in [3.8, 4) is 0 Å². The van der Waals surface area contributed by atoms with E-state index in [-0.39, 0.29) is 29.1 Å². The number of likely N-dealkylation sites (tertiary alicyclic amines) is 1. The molecule has 0 aliphatic carbocycles. The van der Waals surface area contributed by atoms with Crippen LogP contribution in [0.4, 0.5) is 8.78 Å². The molecule has 176 valence electrons. The van der Waals surface area contributed by atoms with Crippen LogP contribution in [0.3, 0.4) is 0 Å². The molecule has 1 unspecified atom stereocenters. The number of hydrogen-bond acceptors (Lipinski definition) is 3. The Kier molecular flexibility index (Phi) is 6.23. The third-order valence-corrected chi connectivity index (χ3v) is 7.88. The van der Waals surface area contributed by atoms with E-state index >= 15 is 0 Å². The molecule has 33 heavy (non-hydrogen) atoms. The number of carbonyl (C=O) groups is 1. The number of carbonyl (C=O) groups excluding carboxylic acids is 1. The molecular formula is C27H31F2NO3. The fourth-order valence-corrected chi connectivity index (χ4v) is 5.92. The van der Waals surface area contributed by atoms with Crippen molar-refractivity contribution in [3.05, 3.63) is 71.3 Å². The molecule has 0 radical (unpaired) electrons. The smallest absolute Gasteiger partial charge is 0.233 e. The number of benzene rings is 2. The van der Waals surface area contributed by atoms with Crippen molar-refractivity contribution in [1.82, 2.24) is 4.90 Å². The first kappa shape index (κ1) is 22.5. The van der Waals surface area contributed by atoms with Crippen LogP contribution in [0.25, 0.3) is 0 Å². The Bertz CT molecular complexity index is 996. The molecule has 2 aromatic rings. The second-order valence-corrected chi connectivity index (χ2v) is 9.97. The Hall–Kier alpha value is -2.31. The van der Waals surface area contributed by atoms with Gasteiger partial charge in [0.1, 0.15) is 11.6 Å². The summed E-state index contributed by atoms with van der Waals surface area (Å²) in [6, 6.07) is 13.2. The summed E-state index contributed by atoms with van der Waals surface area (Å²) in [5.74, 6) is -0.426.